The molecule has 0 amide bonds. The first-order valence-corrected chi connectivity index (χ1v) is 9.12. The van der Waals surface area contributed by atoms with Crippen LogP contribution in [0.4, 0.5) is 0 Å². The second-order valence-corrected chi connectivity index (χ2v) is 8.31. The molecule has 1 aromatic heterocycles. The third-order valence-electron chi connectivity index (χ3n) is 5.99. The van der Waals surface area contributed by atoms with Crippen LogP contribution in [0.15, 0.2) is 36.5 Å². The zero-order valence-corrected chi connectivity index (χ0v) is 15.5. The van der Waals surface area contributed by atoms with E-state index < -0.39 is 0 Å². The standard InChI is InChI=1S/C21H28N4/c1-20(2,3)21(9-12-22)10-14-25(15-11-21)16-17-4-6-18(7-5-17)19-8-13-23-24-19/h4-8,13H,9-11,14-16H2,1-3H3,(H,23,24). The zero-order valence-electron chi connectivity index (χ0n) is 15.5. The minimum absolute atomic E-state index is 0.155. The monoisotopic (exact) mass is 336 g/mol. The highest BCUT2D eigenvalue weighted by molar-refractivity contribution is 5.58. The Morgan fingerprint density at radius 1 is 1.16 bits per heavy atom. The van der Waals surface area contributed by atoms with Gasteiger partial charge in [0, 0.05) is 19.2 Å². The highest BCUT2D eigenvalue weighted by Gasteiger charge is 2.43. The average Bonchev–Trinajstić information content (AvgIpc) is 3.11. The van der Waals surface area contributed by atoms with Crippen molar-refractivity contribution < 1.29 is 0 Å². The van der Waals surface area contributed by atoms with E-state index in [-0.39, 0.29) is 10.8 Å². The Morgan fingerprint density at radius 3 is 2.36 bits per heavy atom. The molecule has 1 aliphatic heterocycles. The number of nitrogens with zero attached hydrogens (tertiary/aromatic N) is 3. The molecule has 0 bridgehead atoms. The summed E-state index contributed by atoms with van der Waals surface area (Å²) in [7, 11) is 0. The third kappa shape index (κ3) is 3.77. The molecule has 0 radical (unpaired) electrons. The lowest BCUT2D eigenvalue weighted by molar-refractivity contribution is 0.00711. The fourth-order valence-corrected chi connectivity index (χ4v) is 3.95. The molecular weight excluding hydrogens is 308 g/mol. The zero-order chi connectivity index (χ0) is 17.9. The Balaban J connectivity index is 1.61. The first kappa shape index (κ1) is 17.7. The van der Waals surface area contributed by atoms with E-state index in [0.717, 1.165) is 38.2 Å². The maximum absolute atomic E-state index is 9.28. The number of aromatic nitrogens is 2. The summed E-state index contributed by atoms with van der Waals surface area (Å²) >= 11 is 0. The van der Waals surface area contributed by atoms with Gasteiger partial charge >= 0.3 is 0 Å². The van der Waals surface area contributed by atoms with Crippen LogP contribution in [-0.4, -0.2) is 28.2 Å². The van der Waals surface area contributed by atoms with Crippen molar-refractivity contribution in [1.29, 1.82) is 5.26 Å². The highest BCUT2D eigenvalue weighted by Crippen LogP contribution is 2.49. The lowest BCUT2D eigenvalue weighted by Crippen LogP contribution is -2.46. The van der Waals surface area contributed by atoms with Gasteiger partial charge in [-0.05, 0) is 54.0 Å². The van der Waals surface area contributed by atoms with Gasteiger partial charge < -0.3 is 0 Å². The summed E-state index contributed by atoms with van der Waals surface area (Å²) in [6, 6.07) is 13.1. The summed E-state index contributed by atoms with van der Waals surface area (Å²) in [6.07, 6.45) is 4.66. The molecule has 1 fully saturated rings. The maximum atomic E-state index is 9.28. The number of nitriles is 1. The van der Waals surface area contributed by atoms with E-state index in [1.165, 1.54) is 11.1 Å². The molecule has 4 nitrogen and oxygen atoms in total. The molecule has 0 aliphatic carbocycles. The highest BCUT2D eigenvalue weighted by atomic mass is 15.1. The number of hydrogen-bond donors (Lipinski definition) is 1. The number of H-pyrrole nitrogens is 1. The fourth-order valence-electron chi connectivity index (χ4n) is 3.95. The van der Waals surface area contributed by atoms with E-state index in [1.807, 2.05) is 6.07 Å². The van der Waals surface area contributed by atoms with Crippen molar-refractivity contribution in [2.45, 2.75) is 46.6 Å². The average molecular weight is 336 g/mol. The van der Waals surface area contributed by atoms with Gasteiger partial charge in [0.15, 0.2) is 0 Å². The van der Waals surface area contributed by atoms with Crippen LogP contribution in [0.25, 0.3) is 11.3 Å². The molecule has 1 N–H and O–H groups in total. The smallest absolute Gasteiger partial charge is 0.0650 e. The van der Waals surface area contributed by atoms with E-state index in [9.17, 15) is 5.26 Å². The van der Waals surface area contributed by atoms with Crippen molar-refractivity contribution in [3.05, 3.63) is 42.1 Å². The van der Waals surface area contributed by atoms with Crippen LogP contribution in [-0.2, 0) is 6.54 Å². The fraction of sp³-hybridized carbons (Fsp3) is 0.524. The number of piperidine rings is 1. The van der Waals surface area contributed by atoms with Gasteiger partial charge in [-0.15, -0.1) is 0 Å². The van der Waals surface area contributed by atoms with Crippen LogP contribution in [0.3, 0.4) is 0 Å². The van der Waals surface area contributed by atoms with Gasteiger partial charge in [-0.3, -0.25) is 10.00 Å². The maximum Gasteiger partial charge on any atom is 0.0650 e. The molecule has 2 heterocycles. The Bertz CT molecular complexity index is 709. The lowest BCUT2D eigenvalue weighted by Gasteiger charge is -2.49. The number of aromatic amines is 1. The van der Waals surface area contributed by atoms with Crippen LogP contribution >= 0.6 is 0 Å². The molecule has 25 heavy (non-hydrogen) atoms. The second-order valence-electron chi connectivity index (χ2n) is 8.31. The third-order valence-corrected chi connectivity index (χ3v) is 5.99. The summed E-state index contributed by atoms with van der Waals surface area (Å²) < 4.78 is 0. The summed E-state index contributed by atoms with van der Waals surface area (Å²) in [5.74, 6) is 0. The Morgan fingerprint density at radius 2 is 1.84 bits per heavy atom. The molecule has 1 saturated heterocycles. The predicted octanol–water partition coefficient (Wildman–Crippen LogP) is 4.62. The number of hydrogen-bond acceptors (Lipinski definition) is 3. The van der Waals surface area contributed by atoms with Gasteiger partial charge in [0.05, 0.1) is 11.8 Å². The van der Waals surface area contributed by atoms with Crippen LogP contribution < -0.4 is 0 Å². The van der Waals surface area contributed by atoms with Crippen LogP contribution in [0.5, 0.6) is 0 Å². The molecule has 0 atom stereocenters. The molecule has 0 spiro atoms. The van der Waals surface area contributed by atoms with Crippen molar-refractivity contribution in [2.75, 3.05) is 13.1 Å². The molecule has 4 heteroatoms. The quantitative estimate of drug-likeness (QED) is 0.886. The van der Waals surface area contributed by atoms with Crippen molar-refractivity contribution in [1.82, 2.24) is 15.1 Å². The minimum atomic E-state index is 0.155. The van der Waals surface area contributed by atoms with E-state index >= 15 is 0 Å². The van der Waals surface area contributed by atoms with Crippen molar-refractivity contribution in [2.24, 2.45) is 10.8 Å². The first-order valence-electron chi connectivity index (χ1n) is 9.12. The minimum Gasteiger partial charge on any atom is -0.299 e. The predicted molar refractivity (Wildman–Crippen MR) is 101 cm³/mol. The summed E-state index contributed by atoms with van der Waals surface area (Å²) in [5, 5.41) is 16.3. The summed E-state index contributed by atoms with van der Waals surface area (Å²) in [4.78, 5) is 2.52. The lowest BCUT2D eigenvalue weighted by atomic mass is 9.60. The van der Waals surface area contributed by atoms with Gasteiger partial charge in [0.2, 0.25) is 0 Å². The molecule has 0 saturated carbocycles. The van der Waals surface area contributed by atoms with Crippen molar-refractivity contribution >= 4 is 0 Å². The molecular formula is C21H28N4. The van der Waals surface area contributed by atoms with Crippen molar-refractivity contribution in [3.8, 4) is 17.3 Å². The topological polar surface area (TPSA) is 55.7 Å². The van der Waals surface area contributed by atoms with Gasteiger partial charge in [0.1, 0.15) is 0 Å². The molecule has 3 rings (SSSR count). The van der Waals surface area contributed by atoms with Crippen molar-refractivity contribution in [3.63, 3.8) is 0 Å². The van der Waals surface area contributed by atoms with E-state index in [1.54, 1.807) is 6.20 Å². The van der Waals surface area contributed by atoms with Gasteiger partial charge in [-0.25, -0.2) is 0 Å². The SMILES string of the molecule is CC(C)(C)C1(CC#N)CCN(Cc2ccc(-c3ccn[nH]3)cc2)CC1. The Hall–Kier alpha value is -2.12. The molecule has 132 valence electrons. The normalized spacial score (nSPS) is 18.0. The van der Waals surface area contributed by atoms with E-state index in [2.05, 4.69) is 66.2 Å². The largest absolute Gasteiger partial charge is 0.299 e. The first-order chi connectivity index (χ1) is 11.9. The molecule has 2 aromatic rings. The van der Waals surface area contributed by atoms with E-state index in [4.69, 9.17) is 0 Å². The van der Waals surface area contributed by atoms with Gasteiger partial charge in [0.25, 0.3) is 0 Å². The number of benzene rings is 1. The molecule has 0 unspecified atom stereocenters. The van der Waals surface area contributed by atoms with Crippen LogP contribution in [0, 0.1) is 22.2 Å². The van der Waals surface area contributed by atoms with Gasteiger partial charge in [-0.2, -0.15) is 10.4 Å². The number of rotatable bonds is 4. The van der Waals surface area contributed by atoms with Crippen LogP contribution in [0.2, 0.25) is 0 Å². The Kier molecular flexibility index (Phi) is 4.96. The molecule has 1 aliphatic rings. The van der Waals surface area contributed by atoms with Gasteiger partial charge in [-0.1, -0.05) is 45.0 Å². The number of likely N-dealkylation sites (tertiary alicyclic amines) is 1. The second kappa shape index (κ2) is 7.01. The number of nitrogens with one attached hydrogen (secondary N) is 1. The van der Waals surface area contributed by atoms with Crippen LogP contribution in [0.1, 0.15) is 45.6 Å². The summed E-state index contributed by atoms with van der Waals surface area (Å²) in [5.41, 5.74) is 3.90. The summed E-state index contributed by atoms with van der Waals surface area (Å²) in [6.45, 7) is 9.98. The Labute approximate surface area is 150 Å². The molecule has 1 aromatic carbocycles. The van der Waals surface area contributed by atoms with E-state index in [0.29, 0.717) is 6.42 Å².